The van der Waals surface area contributed by atoms with E-state index in [0.717, 1.165) is 6.42 Å². The minimum Gasteiger partial charge on any atom is -0.508 e. The molecule has 2 aromatic carbocycles. The monoisotopic (exact) mass is 306 g/mol. The van der Waals surface area contributed by atoms with E-state index in [0.29, 0.717) is 5.56 Å². The predicted molar refractivity (Wildman–Crippen MR) is 81.7 cm³/mol. The Bertz CT molecular complexity index is 665. The molecule has 0 aliphatic rings. The molecule has 0 unspecified atom stereocenters. The van der Waals surface area contributed by atoms with E-state index >= 15 is 0 Å². The van der Waals surface area contributed by atoms with Crippen LogP contribution in [0, 0.1) is 5.82 Å². The van der Waals surface area contributed by atoms with Crippen LogP contribution < -0.4 is 0 Å². The summed E-state index contributed by atoms with van der Waals surface area (Å²) in [7, 11) is 0. The maximum Gasteiger partial charge on any atom is 0.197 e. The first kappa shape index (κ1) is 15.5. The van der Waals surface area contributed by atoms with Gasteiger partial charge in [-0.25, -0.2) is 4.39 Å². The molecule has 2 rings (SSSR count). The number of rotatable bonds is 4. The Labute approximate surface area is 128 Å². The molecule has 4 heteroatoms. The van der Waals surface area contributed by atoms with Gasteiger partial charge in [0, 0.05) is 5.56 Å². The van der Waals surface area contributed by atoms with Gasteiger partial charge in [0.1, 0.15) is 11.6 Å². The number of carbonyl (C=O) groups is 1. The molecule has 0 fully saturated rings. The molecule has 0 heterocycles. The Morgan fingerprint density at radius 3 is 2.43 bits per heavy atom. The highest BCUT2D eigenvalue weighted by Gasteiger charge is 2.22. The van der Waals surface area contributed by atoms with E-state index in [1.165, 1.54) is 24.3 Å². The topological polar surface area (TPSA) is 37.3 Å². The lowest BCUT2D eigenvalue weighted by Gasteiger charge is -2.14. The number of carbonyl (C=O) groups excluding carboxylic acids is 1. The maximum absolute atomic E-state index is 14.6. The number of halogens is 2. The summed E-state index contributed by atoms with van der Waals surface area (Å²) >= 11 is 6.02. The third-order valence-electron chi connectivity index (χ3n) is 3.62. The second-order valence-corrected chi connectivity index (χ2v) is 5.42. The Hall–Kier alpha value is -1.87. The summed E-state index contributed by atoms with van der Waals surface area (Å²) in [5.41, 5.74) is 0.666. The smallest absolute Gasteiger partial charge is 0.197 e. The van der Waals surface area contributed by atoms with E-state index in [-0.39, 0.29) is 27.8 Å². The minimum absolute atomic E-state index is 0.00799. The summed E-state index contributed by atoms with van der Waals surface area (Å²) in [5.74, 6) is -0.988. The fourth-order valence-corrected chi connectivity index (χ4v) is 2.37. The third-order valence-corrected chi connectivity index (χ3v) is 3.94. The molecule has 110 valence electrons. The van der Waals surface area contributed by atoms with Crippen LogP contribution in [0.25, 0.3) is 0 Å². The van der Waals surface area contributed by atoms with Crippen LogP contribution in [-0.2, 0) is 0 Å². The summed E-state index contributed by atoms with van der Waals surface area (Å²) < 4.78 is 14.6. The highest BCUT2D eigenvalue weighted by atomic mass is 35.5. The zero-order valence-electron chi connectivity index (χ0n) is 11.9. The van der Waals surface area contributed by atoms with Crippen molar-refractivity contribution in [3.05, 3.63) is 63.9 Å². The van der Waals surface area contributed by atoms with Crippen molar-refractivity contribution in [3.63, 3.8) is 0 Å². The third kappa shape index (κ3) is 3.08. The van der Waals surface area contributed by atoms with Crippen LogP contribution in [0.2, 0.25) is 5.02 Å². The van der Waals surface area contributed by atoms with Crippen LogP contribution in [0.1, 0.15) is 47.7 Å². The second-order valence-electron chi connectivity index (χ2n) is 5.01. The molecule has 0 aliphatic heterocycles. The van der Waals surface area contributed by atoms with Gasteiger partial charge in [0.05, 0.1) is 10.6 Å². The molecule has 21 heavy (non-hydrogen) atoms. The number of hydrogen-bond acceptors (Lipinski definition) is 2. The first-order chi connectivity index (χ1) is 9.95. The fourth-order valence-electron chi connectivity index (χ4n) is 2.13. The molecule has 1 N–H and O–H groups in total. The molecule has 0 aliphatic carbocycles. The molecule has 2 nitrogen and oxygen atoms in total. The predicted octanol–water partition coefficient (Wildman–Crippen LogP) is 4.93. The minimum atomic E-state index is -0.560. The van der Waals surface area contributed by atoms with Gasteiger partial charge in [-0.2, -0.15) is 0 Å². The van der Waals surface area contributed by atoms with E-state index in [1.807, 2.05) is 13.8 Å². The van der Waals surface area contributed by atoms with Crippen molar-refractivity contribution < 1.29 is 14.3 Å². The molecular formula is C17H16ClFO2. The van der Waals surface area contributed by atoms with Crippen LogP contribution in [0.4, 0.5) is 4.39 Å². The number of ketones is 1. The van der Waals surface area contributed by atoms with E-state index in [9.17, 15) is 14.3 Å². The average molecular weight is 307 g/mol. The lowest BCUT2D eigenvalue weighted by molar-refractivity contribution is 0.103. The lowest BCUT2D eigenvalue weighted by Crippen LogP contribution is -2.09. The van der Waals surface area contributed by atoms with Gasteiger partial charge in [-0.15, -0.1) is 0 Å². The molecule has 0 amide bonds. The fraction of sp³-hybridized carbons (Fsp3) is 0.235. The Balaban J connectivity index is 2.52. The van der Waals surface area contributed by atoms with Crippen molar-refractivity contribution in [3.8, 4) is 5.75 Å². The van der Waals surface area contributed by atoms with Gasteiger partial charge < -0.3 is 5.11 Å². The van der Waals surface area contributed by atoms with Gasteiger partial charge in [-0.1, -0.05) is 31.5 Å². The van der Waals surface area contributed by atoms with Gasteiger partial charge in [0.2, 0.25) is 0 Å². The average Bonchev–Trinajstić information content (AvgIpc) is 2.47. The Morgan fingerprint density at radius 1 is 1.24 bits per heavy atom. The van der Waals surface area contributed by atoms with Gasteiger partial charge in [0.25, 0.3) is 0 Å². The number of aromatic hydroxyl groups is 1. The molecule has 0 saturated heterocycles. The first-order valence-electron chi connectivity index (χ1n) is 6.77. The number of phenols is 1. The van der Waals surface area contributed by atoms with Crippen LogP contribution in [0.15, 0.2) is 36.4 Å². The van der Waals surface area contributed by atoms with Gasteiger partial charge >= 0.3 is 0 Å². The van der Waals surface area contributed by atoms with E-state index in [2.05, 4.69) is 0 Å². The SMILES string of the molecule is CC[C@@H](C)c1ccc(Cl)c(C(=O)c2ccc(O)cc2)c1F. The van der Waals surface area contributed by atoms with Crippen molar-refractivity contribution in [2.75, 3.05) is 0 Å². The number of phenolic OH excluding ortho intramolecular Hbond substituents is 1. The zero-order valence-corrected chi connectivity index (χ0v) is 12.6. The number of hydrogen-bond donors (Lipinski definition) is 1. The van der Waals surface area contributed by atoms with Crippen LogP contribution in [0.5, 0.6) is 5.75 Å². The largest absolute Gasteiger partial charge is 0.508 e. The van der Waals surface area contributed by atoms with Crippen molar-refractivity contribution >= 4 is 17.4 Å². The second kappa shape index (κ2) is 6.27. The van der Waals surface area contributed by atoms with Crippen LogP contribution in [-0.4, -0.2) is 10.9 Å². The summed E-state index contributed by atoms with van der Waals surface area (Å²) in [5, 5.41) is 9.35. The van der Waals surface area contributed by atoms with Crippen LogP contribution in [0.3, 0.4) is 0 Å². The summed E-state index contributed by atoms with van der Waals surface area (Å²) in [6, 6.07) is 8.85. The molecule has 0 saturated carbocycles. The highest BCUT2D eigenvalue weighted by molar-refractivity contribution is 6.35. The van der Waals surface area contributed by atoms with E-state index < -0.39 is 11.6 Å². The summed E-state index contributed by atoms with van der Waals surface area (Å²) in [4.78, 5) is 12.5. The van der Waals surface area contributed by atoms with Crippen molar-refractivity contribution in [1.82, 2.24) is 0 Å². The van der Waals surface area contributed by atoms with E-state index in [4.69, 9.17) is 11.6 Å². The molecular weight excluding hydrogens is 291 g/mol. The van der Waals surface area contributed by atoms with E-state index in [1.54, 1.807) is 12.1 Å². The Morgan fingerprint density at radius 2 is 1.86 bits per heavy atom. The molecule has 0 spiro atoms. The number of benzene rings is 2. The summed E-state index contributed by atoms with van der Waals surface area (Å²) in [6.45, 7) is 3.86. The molecule has 0 radical (unpaired) electrons. The molecule has 1 atom stereocenters. The normalized spacial score (nSPS) is 12.2. The molecule has 0 bridgehead atoms. The maximum atomic E-state index is 14.6. The standard InChI is InChI=1S/C17H16ClFO2/c1-3-10(2)13-8-9-14(18)15(16(13)19)17(21)11-4-6-12(20)7-5-11/h4-10,20H,3H2,1-2H3/t10-/m1/s1. The van der Waals surface area contributed by atoms with Gasteiger partial charge in [-0.05, 0) is 48.2 Å². The van der Waals surface area contributed by atoms with Crippen LogP contribution >= 0.6 is 11.6 Å². The van der Waals surface area contributed by atoms with Crippen molar-refractivity contribution in [2.24, 2.45) is 0 Å². The lowest BCUT2D eigenvalue weighted by atomic mass is 9.93. The first-order valence-corrected chi connectivity index (χ1v) is 7.15. The van der Waals surface area contributed by atoms with Crippen molar-refractivity contribution in [1.29, 1.82) is 0 Å². The Kier molecular flexibility index (Phi) is 4.63. The molecule has 0 aromatic heterocycles. The van der Waals surface area contributed by atoms with Gasteiger partial charge in [0.15, 0.2) is 5.78 Å². The van der Waals surface area contributed by atoms with Crippen molar-refractivity contribution in [2.45, 2.75) is 26.2 Å². The quantitative estimate of drug-likeness (QED) is 0.813. The summed E-state index contributed by atoms with van der Waals surface area (Å²) in [6.07, 6.45) is 0.769. The highest BCUT2D eigenvalue weighted by Crippen LogP contribution is 2.30. The molecule has 2 aromatic rings. The van der Waals surface area contributed by atoms with Gasteiger partial charge in [-0.3, -0.25) is 4.79 Å². The zero-order chi connectivity index (χ0) is 15.6.